The van der Waals surface area contributed by atoms with Crippen molar-refractivity contribution in [2.24, 2.45) is 0 Å². The molecule has 0 unspecified atom stereocenters. The minimum Gasteiger partial charge on any atom is -0.452 e. The van der Waals surface area contributed by atoms with E-state index in [-0.39, 0.29) is 9.56 Å². The third kappa shape index (κ3) is 4.77. The summed E-state index contributed by atoms with van der Waals surface area (Å²) in [4.78, 5) is 0.189. The van der Waals surface area contributed by atoms with Gasteiger partial charge in [0.05, 0.1) is 6.54 Å². The van der Waals surface area contributed by atoms with Gasteiger partial charge >= 0.3 is 0 Å². The molecule has 0 saturated heterocycles. The molecule has 0 spiro atoms. The molecule has 1 rings (SSSR count). The number of halogens is 1. The van der Waals surface area contributed by atoms with Crippen molar-refractivity contribution in [3.05, 3.63) is 16.5 Å². The smallest absolute Gasteiger partial charge is 0.247 e. The molecule has 0 bridgehead atoms. The molecule has 0 atom stereocenters. The van der Waals surface area contributed by atoms with Gasteiger partial charge < -0.3 is 9.73 Å². The number of hydrogen-bond donors (Lipinski definition) is 1. The topological polar surface area (TPSA) is 62.6 Å². The van der Waals surface area contributed by atoms with Crippen molar-refractivity contribution < 1.29 is 12.8 Å². The Kier molecular flexibility index (Phi) is 7.60. The number of nitrogens with zero attached hydrogens (tertiary/aromatic N) is 1. The second-order valence-corrected chi connectivity index (χ2v) is 8.07. The first-order valence-electron chi connectivity index (χ1n) is 6.37. The zero-order valence-electron chi connectivity index (χ0n) is 12.0. The van der Waals surface area contributed by atoms with Gasteiger partial charge in [0.2, 0.25) is 10.0 Å². The highest BCUT2D eigenvalue weighted by Crippen LogP contribution is 2.28. The molecule has 0 amide bonds. The van der Waals surface area contributed by atoms with Gasteiger partial charge in [-0.15, -0.1) is 0 Å². The van der Waals surface area contributed by atoms with Gasteiger partial charge in [-0.2, -0.15) is 16.1 Å². The maximum absolute atomic E-state index is 12.4. The molecule has 0 fully saturated rings. The Balaban J connectivity index is 2.84. The lowest BCUT2D eigenvalue weighted by molar-refractivity contribution is 0.456. The van der Waals surface area contributed by atoms with Crippen molar-refractivity contribution >= 4 is 37.7 Å². The summed E-state index contributed by atoms with van der Waals surface area (Å²) in [6.07, 6.45) is 2.97. The first-order valence-corrected chi connectivity index (χ1v) is 10.00. The Hall–Kier alpha value is -0.0200. The fourth-order valence-corrected chi connectivity index (χ4v) is 4.26. The van der Waals surface area contributed by atoms with Crippen LogP contribution in [0.2, 0.25) is 0 Å². The van der Waals surface area contributed by atoms with Crippen LogP contribution in [0.5, 0.6) is 0 Å². The average molecular weight is 385 g/mol. The lowest BCUT2D eigenvalue weighted by Gasteiger charge is -2.15. The normalized spacial score (nSPS) is 12.2. The predicted molar refractivity (Wildman–Crippen MR) is 86.6 cm³/mol. The monoisotopic (exact) mass is 384 g/mol. The highest BCUT2D eigenvalue weighted by molar-refractivity contribution is 9.10. The zero-order chi connectivity index (χ0) is 15.2. The number of nitrogens with one attached hydrogen (secondary N) is 1. The molecule has 1 heterocycles. The van der Waals surface area contributed by atoms with Crippen LogP contribution in [0.3, 0.4) is 0 Å². The van der Waals surface area contributed by atoms with Crippen LogP contribution in [0.25, 0.3) is 0 Å². The van der Waals surface area contributed by atoms with E-state index in [2.05, 4.69) is 28.2 Å². The molecule has 0 saturated carbocycles. The zero-order valence-corrected chi connectivity index (χ0v) is 15.2. The predicted octanol–water partition coefficient (Wildman–Crippen LogP) is 2.53. The van der Waals surface area contributed by atoms with Crippen LogP contribution in [-0.2, 0) is 16.6 Å². The van der Waals surface area contributed by atoms with E-state index in [0.29, 0.717) is 18.8 Å². The van der Waals surface area contributed by atoms with E-state index < -0.39 is 10.0 Å². The molecule has 0 aliphatic rings. The highest BCUT2D eigenvalue weighted by atomic mass is 79.9. The highest BCUT2D eigenvalue weighted by Gasteiger charge is 2.26. The first kappa shape index (κ1) is 18.0. The van der Waals surface area contributed by atoms with Crippen LogP contribution >= 0.6 is 27.7 Å². The minimum atomic E-state index is -3.50. The molecular weight excluding hydrogens is 364 g/mol. The Bertz CT molecular complexity index is 517. The van der Waals surface area contributed by atoms with Crippen molar-refractivity contribution in [3.8, 4) is 0 Å². The van der Waals surface area contributed by atoms with E-state index in [1.807, 2.05) is 6.26 Å². The largest absolute Gasteiger partial charge is 0.452 e. The maximum Gasteiger partial charge on any atom is 0.247 e. The summed E-state index contributed by atoms with van der Waals surface area (Å²) >= 11 is 4.81. The van der Waals surface area contributed by atoms with Gasteiger partial charge in [0.15, 0.2) is 4.67 Å². The Labute approximate surface area is 133 Å². The molecule has 0 aromatic carbocycles. The van der Waals surface area contributed by atoms with Gasteiger partial charge in [-0.05, 0) is 35.2 Å². The van der Waals surface area contributed by atoms with E-state index in [1.54, 1.807) is 24.9 Å². The van der Waals surface area contributed by atoms with Crippen LogP contribution in [-0.4, -0.2) is 44.9 Å². The second-order valence-electron chi connectivity index (χ2n) is 4.35. The van der Waals surface area contributed by atoms with Crippen LogP contribution in [0.4, 0.5) is 0 Å². The molecule has 20 heavy (non-hydrogen) atoms. The average Bonchev–Trinajstić information content (AvgIpc) is 2.78. The summed E-state index contributed by atoms with van der Waals surface area (Å²) in [5, 5.41) is 3.18. The van der Waals surface area contributed by atoms with Gasteiger partial charge in [-0.3, -0.25) is 0 Å². The number of hydrogen-bond acceptors (Lipinski definition) is 5. The van der Waals surface area contributed by atoms with Crippen molar-refractivity contribution in [1.29, 1.82) is 0 Å². The fraction of sp³-hybridized carbons (Fsp3) is 0.667. The van der Waals surface area contributed by atoms with Gasteiger partial charge in [0, 0.05) is 25.4 Å². The van der Waals surface area contributed by atoms with Crippen molar-refractivity contribution in [3.63, 3.8) is 0 Å². The van der Waals surface area contributed by atoms with E-state index >= 15 is 0 Å². The quantitative estimate of drug-likeness (QED) is 0.662. The summed E-state index contributed by atoms with van der Waals surface area (Å²) in [6, 6.07) is 1.58. The number of thioether (sulfide) groups is 1. The third-order valence-corrected chi connectivity index (χ3v) is 6.04. The van der Waals surface area contributed by atoms with Crippen molar-refractivity contribution in [2.75, 3.05) is 32.1 Å². The van der Waals surface area contributed by atoms with Crippen molar-refractivity contribution in [2.45, 2.75) is 24.8 Å². The molecule has 8 heteroatoms. The molecule has 1 aromatic heterocycles. The van der Waals surface area contributed by atoms with Gasteiger partial charge in [0.25, 0.3) is 0 Å². The molecule has 1 aromatic rings. The molecule has 1 N–H and O–H groups in total. The van der Waals surface area contributed by atoms with E-state index in [4.69, 9.17) is 4.42 Å². The van der Waals surface area contributed by atoms with Gasteiger partial charge in [-0.1, -0.05) is 6.92 Å². The fourth-order valence-electron chi connectivity index (χ4n) is 1.56. The lowest BCUT2D eigenvalue weighted by Crippen LogP contribution is -2.29. The molecule has 0 aliphatic heterocycles. The minimum absolute atomic E-state index is 0.189. The molecule has 116 valence electrons. The standard InChI is InChI=1S/C12H21BrN2O3S2/c1-4-5-14-9-10-8-11(12(13)18-10)20(16,17)15(2)6-7-19-3/h8,14H,4-7,9H2,1-3H3. The summed E-state index contributed by atoms with van der Waals surface area (Å²) in [5.74, 6) is 1.37. The summed E-state index contributed by atoms with van der Waals surface area (Å²) in [7, 11) is -1.92. The van der Waals surface area contributed by atoms with Crippen molar-refractivity contribution in [1.82, 2.24) is 9.62 Å². The van der Waals surface area contributed by atoms with E-state index in [9.17, 15) is 8.42 Å². The number of furan rings is 1. The second kappa shape index (κ2) is 8.43. The molecule has 0 aliphatic carbocycles. The summed E-state index contributed by atoms with van der Waals surface area (Å²) < 4.78 is 31.9. The Morgan fingerprint density at radius 3 is 2.80 bits per heavy atom. The number of rotatable bonds is 9. The number of sulfonamides is 1. The Morgan fingerprint density at radius 2 is 2.20 bits per heavy atom. The molecule has 5 nitrogen and oxygen atoms in total. The molecule has 0 radical (unpaired) electrons. The van der Waals surface area contributed by atoms with Crippen LogP contribution < -0.4 is 5.32 Å². The summed E-state index contributed by atoms with van der Waals surface area (Å²) in [5.41, 5.74) is 0. The SMILES string of the molecule is CCCNCc1cc(S(=O)(=O)N(C)CCSC)c(Br)o1. The summed E-state index contributed by atoms with van der Waals surface area (Å²) in [6.45, 7) is 3.94. The third-order valence-electron chi connectivity index (χ3n) is 2.73. The van der Waals surface area contributed by atoms with Gasteiger partial charge in [-0.25, -0.2) is 8.42 Å². The maximum atomic E-state index is 12.4. The van der Waals surface area contributed by atoms with Crippen LogP contribution in [0.1, 0.15) is 19.1 Å². The molecular formula is C12H21BrN2O3S2. The van der Waals surface area contributed by atoms with E-state index in [0.717, 1.165) is 18.7 Å². The van der Waals surface area contributed by atoms with Gasteiger partial charge in [0.1, 0.15) is 10.7 Å². The van der Waals surface area contributed by atoms with Crippen LogP contribution in [0.15, 0.2) is 20.0 Å². The van der Waals surface area contributed by atoms with Crippen LogP contribution in [0, 0.1) is 0 Å². The Morgan fingerprint density at radius 1 is 1.50 bits per heavy atom. The van der Waals surface area contributed by atoms with E-state index in [1.165, 1.54) is 4.31 Å². The lowest BCUT2D eigenvalue weighted by atomic mass is 10.4. The first-order chi connectivity index (χ1) is 9.43.